The molecule has 2 saturated heterocycles. The molecule has 2 aliphatic rings. The van der Waals surface area contributed by atoms with Crippen LogP contribution in [0.25, 0.3) is 0 Å². The van der Waals surface area contributed by atoms with Crippen LogP contribution in [0.4, 0.5) is 4.79 Å². The molecule has 0 spiro atoms. The summed E-state index contributed by atoms with van der Waals surface area (Å²) < 4.78 is 43.8. The summed E-state index contributed by atoms with van der Waals surface area (Å²) in [5.41, 5.74) is -1.22. The number of rotatable bonds is 6. The van der Waals surface area contributed by atoms with E-state index in [9.17, 15) is 18.0 Å². The summed E-state index contributed by atoms with van der Waals surface area (Å²) in [6, 6.07) is -0.774. The number of piperidine rings is 1. The minimum atomic E-state index is -3.80. The van der Waals surface area contributed by atoms with Gasteiger partial charge in [0.05, 0.1) is 16.5 Å². The fraction of sp³-hybridized carbons (Fsp3) is 0.760. The van der Waals surface area contributed by atoms with Crippen molar-refractivity contribution >= 4 is 34.4 Å². The molecule has 1 aromatic heterocycles. The van der Waals surface area contributed by atoms with Crippen LogP contribution in [0.1, 0.15) is 75.2 Å². The van der Waals surface area contributed by atoms with Crippen molar-refractivity contribution in [1.82, 2.24) is 20.2 Å². The lowest BCUT2D eigenvalue weighted by Crippen LogP contribution is -2.54. The van der Waals surface area contributed by atoms with Crippen LogP contribution in [0.15, 0.2) is 17.6 Å². The predicted molar refractivity (Wildman–Crippen MR) is 143 cm³/mol. The summed E-state index contributed by atoms with van der Waals surface area (Å²) in [5.74, 6) is -0.433. The first-order valence-corrected chi connectivity index (χ1v) is 14.6. The van der Waals surface area contributed by atoms with Gasteiger partial charge in [0, 0.05) is 30.9 Å². The van der Waals surface area contributed by atoms with Gasteiger partial charge in [0.25, 0.3) is 0 Å². The van der Waals surface area contributed by atoms with Crippen LogP contribution in [0.3, 0.4) is 0 Å². The maximum atomic E-state index is 13.3. The van der Waals surface area contributed by atoms with Crippen molar-refractivity contribution in [3.8, 4) is 0 Å². The number of carbonyl (C=O) groups excluding carboxylic acids is 2. The van der Waals surface area contributed by atoms with Crippen LogP contribution in [-0.4, -0.2) is 83.6 Å². The van der Waals surface area contributed by atoms with E-state index >= 15 is 0 Å². The van der Waals surface area contributed by atoms with Gasteiger partial charge in [-0.25, -0.2) is 23.2 Å². The molecule has 2 fully saturated rings. The molecular formula is C25H41BN4O7S. The lowest BCUT2D eigenvalue weighted by Gasteiger charge is -2.35. The van der Waals surface area contributed by atoms with E-state index in [-0.39, 0.29) is 42.9 Å². The number of amides is 2. The van der Waals surface area contributed by atoms with E-state index < -0.39 is 51.1 Å². The average Bonchev–Trinajstić information content (AvgIpc) is 3.02. The molecule has 0 radical (unpaired) electrons. The van der Waals surface area contributed by atoms with Gasteiger partial charge in [-0.05, 0) is 67.2 Å². The highest BCUT2D eigenvalue weighted by Gasteiger charge is 2.52. The summed E-state index contributed by atoms with van der Waals surface area (Å²) in [7, 11) is -4.49. The average molecular weight is 553 g/mol. The molecule has 2 aliphatic heterocycles. The standard InChI is InChI=1S/C25H41BN4O7S/c1-16(2)19(29-22(32)35-23(3,4)5)20(31)30-12-10-18(11-13-30)38(33,34)21-27-14-17(15-28-21)26-36-24(6,7)25(8,9)37-26/h14-16,18-19H,10-13H2,1-9H3,(H,29,32)/t19-/m1/s1. The van der Waals surface area contributed by atoms with E-state index in [4.69, 9.17) is 14.0 Å². The highest BCUT2D eigenvalue weighted by atomic mass is 32.2. The topological polar surface area (TPSA) is 137 Å². The van der Waals surface area contributed by atoms with Crippen molar-refractivity contribution < 1.29 is 32.1 Å². The maximum absolute atomic E-state index is 13.3. The number of hydrogen-bond acceptors (Lipinski definition) is 9. The first kappa shape index (κ1) is 30.3. The molecule has 212 valence electrons. The molecule has 38 heavy (non-hydrogen) atoms. The van der Waals surface area contributed by atoms with E-state index in [0.717, 1.165) is 0 Å². The van der Waals surface area contributed by atoms with Crippen LogP contribution < -0.4 is 10.8 Å². The zero-order valence-electron chi connectivity index (χ0n) is 23.9. The molecule has 13 heteroatoms. The van der Waals surface area contributed by atoms with E-state index in [1.807, 2.05) is 41.5 Å². The van der Waals surface area contributed by atoms with Crippen molar-refractivity contribution in [2.24, 2.45) is 5.92 Å². The lowest BCUT2D eigenvalue weighted by atomic mass is 9.81. The molecular weight excluding hydrogens is 511 g/mol. The number of likely N-dealkylation sites (tertiary alicyclic amines) is 1. The Kier molecular flexibility index (Phi) is 8.55. The van der Waals surface area contributed by atoms with Crippen LogP contribution in [-0.2, 0) is 28.7 Å². The number of alkyl carbamates (subject to hydrolysis) is 1. The molecule has 11 nitrogen and oxygen atoms in total. The molecule has 0 aliphatic carbocycles. The first-order chi connectivity index (χ1) is 17.3. The Morgan fingerprint density at radius 1 is 1.08 bits per heavy atom. The van der Waals surface area contributed by atoms with Gasteiger partial charge < -0.3 is 24.3 Å². The summed E-state index contributed by atoms with van der Waals surface area (Å²) in [6.45, 7) is 17.1. The van der Waals surface area contributed by atoms with Gasteiger partial charge in [0.1, 0.15) is 11.6 Å². The molecule has 3 rings (SSSR count). The third-order valence-corrected chi connectivity index (χ3v) is 9.29. The molecule has 0 saturated carbocycles. The second-order valence-electron chi connectivity index (χ2n) is 12.3. The van der Waals surface area contributed by atoms with Gasteiger partial charge in [0.15, 0.2) is 0 Å². The van der Waals surface area contributed by atoms with Gasteiger partial charge in [-0.15, -0.1) is 0 Å². The molecule has 0 bridgehead atoms. The van der Waals surface area contributed by atoms with Crippen molar-refractivity contribution in [2.45, 2.75) is 108 Å². The predicted octanol–water partition coefficient (Wildman–Crippen LogP) is 2.09. The fourth-order valence-electron chi connectivity index (χ4n) is 4.25. The Bertz CT molecular complexity index is 1110. The molecule has 1 atom stereocenters. The van der Waals surface area contributed by atoms with Gasteiger partial charge in [-0.1, -0.05) is 13.8 Å². The van der Waals surface area contributed by atoms with E-state index in [2.05, 4.69) is 15.3 Å². The third kappa shape index (κ3) is 6.66. The van der Waals surface area contributed by atoms with Gasteiger partial charge in [-0.3, -0.25) is 4.79 Å². The highest BCUT2D eigenvalue weighted by molar-refractivity contribution is 7.91. The number of hydrogen-bond donors (Lipinski definition) is 1. The lowest BCUT2D eigenvalue weighted by molar-refractivity contribution is -0.135. The summed E-state index contributed by atoms with van der Waals surface area (Å²) in [6.07, 6.45) is 2.68. The third-order valence-electron chi connectivity index (χ3n) is 7.23. The number of sulfone groups is 1. The molecule has 1 N–H and O–H groups in total. The fourth-order valence-corrected chi connectivity index (χ4v) is 5.78. The van der Waals surface area contributed by atoms with Gasteiger partial charge in [-0.2, -0.15) is 0 Å². The Labute approximate surface area is 226 Å². The van der Waals surface area contributed by atoms with Crippen LogP contribution in [0, 0.1) is 5.92 Å². The Balaban J connectivity index is 1.63. The first-order valence-electron chi connectivity index (χ1n) is 13.0. The Hall–Kier alpha value is -2.25. The largest absolute Gasteiger partial charge is 0.498 e. The molecule has 2 amide bonds. The van der Waals surface area contributed by atoms with Crippen molar-refractivity contribution in [3.05, 3.63) is 12.4 Å². The molecule has 3 heterocycles. The summed E-state index contributed by atoms with van der Waals surface area (Å²) in [5, 5.41) is 1.69. The van der Waals surface area contributed by atoms with E-state index in [1.165, 1.54) is 12.4 Å². The van der Waals surface area contributed by atoms with Gasteiger partial charge >= 0.3 is 13.2 Å². The molecule has 1 aromatic rings. The van der Waals surface area contributed by atoms with Crippen LogP contribution in [0.5, 0.6) is 0 Å². The number of carbonyl (C=O) groups is 2. The monoisotopic (exact) mass is 552 g/mol. The van der Waals surface area contributed by atoms with Crippen LogP contribution in [0.2, 0.25) is 0 Å². The number of aromatic nitrogens is 2. The van der Waals surface area contributed by atoms with E-state index in [1.54, 1.807) is 25.7 Å². The highest BCUT2D eigenvalue weighted by Crippen LogP contribution is 2.36. The Morgan fingerprint density at radius 3 is 2.03 bits per heavy atom. The van der Waals surface area contributed by atoms with Crippen molar-refractivity contribution in [3.63, 3.8) is 0 Å². The zero-order chi connectivity index (χ0) is 28.7. The van der Waals surface area contributed by atoms with E-state index in [0.29, 0.717) is 5.46 Å². The number of nitrogens with zero attached hydrogens (tertiary/aromatic N) is 3. The van der Waals surface area contributed by atoms with Crippen molar-refractivity contribution in [1.29, 1.82) is 0 Å². The molecule has 0 aromatic carbocycles. The normalized spacial score (nSPS) is 20.9. The zero-order valence-corrected chi connectivity index (χ0v) is 24.7. The second-order valence-corrected chi connectivity index (χ2v) is 14.4. The molecule has 0 unspecified atom stereocenters. The minimum absolute atomic E-state index is 0.174. The smallest absolute Gasteiger partial charge is 0.444 e. The summed E-state index contributed by atoms with van der Waals surface area (Å²) in [4.78, 5) is 35.3. The Morgan fingerprint density at radius 2 is 1.58 bits per heavy atom. The van der Waals surface area contributed by atoms with Crippen molar-refractivity contribution in [2.75, 3.05) is 13.1 Å². The second kappa shape index (κ2) is 10.7. The summed E-state index contributed by atoms with van der Waals surface area (Å²) >= 11 is 0. The maximum Gasteiger partial charge on any atom is 0.498 e. The van der Waals surface area contributed by atoms with Crippen LogP contribution >= 0.6 is 0 Å². The SMILES string of the molecule is CC(C)[C@@H](NC(=O)OC(C)(C)C)C(=O)N1CCC(S(=O)(=O)c2ncc(B3OC(C)(C)C(C)(C)O3)cn2)CC1. The minimum Gasteiger partial charge on any atom is -0.444 e. The number of nitrogens with one attached hydrogen (secondary N) is 1. The quantitative estimate of drug-likeness (QED) is 0.415. The van der Waals surface area contributed by atoms with Gasteiger partial charge in [0.2, 0.25) is 20.9 Å². The number of ether oxygens (including phenoxy) is 1.